The van der Waals surface area contributed by atoms with Crippen molar-refractivity contribution in [1.82, 2.24) is 0 Å². The molecule has 0 fully saturated rings. The minimum absolute atomic E-state index is 0.134. The summed E-state index contributed by atoms with van der Waals surface area (Å²) in [5.41, 5.74) is 1.02. The molecule has 78 valence electrons. The molecule has 0 radical (unpaired) electrons. The maximum atomic E-state index is 11.5. The normalized spacial score (nSPS) is 10.4. The Morgan fingerprint density at radius 2 is 2.14 bits per heavy atom. The van der Waals surface area contributed by atoms with Crippen LogP contribution in [0.25, 0.3) is 0 Å². The predicted octanol–water partition coefficient (Wildman–Crippen LogP) is 3.74. The van der Waals surface area contributed by atoms with Crippen LogP contribution in [0.1, 0.15) is 55.1 Å². The van der Waals surface area contributed by atoms with Crippen molar-refractivity contribution in [3.63, 3.8) is 0 Å². The second-order valence-corrected chi connectivity index (χ2v) is 3.72. The number of hydrogen-bond acceptors (Lipinski definition) is 2. The molecule has 0 saturated carbocycles. The van der Waals surface area contributed by atoms with Crippen LogP contribution < -0.4 is 0 Å². The van der Waals surface area contributed by atoms with Crippen LogP contribution in [0.2, 0.25) is 0 Å². The highest BCUT2D eigenvalue weighted by Crippen LogP contribution is 2.11. The van der Waals surface area contributed by atoms with E-state index < -0.39 is 0 Å². The van der Waals surface area contributed by atoms with Crippen LogP contribution in [0.15, 0.2) is 16.7 Å². The van der Waals surface area contributed by atoms with Gasteiger partial charge >= 0.3 is 0 Å². The van der Waals surface area contributed by atoms with Gasteiger partial charge < -0.3 is 4.42 Å². The van der Waals surface area contributed by atoms with E-state index >= 15 is 0 Å². The summed E-state index contributed by atoms with van der Waals surface area (Å²) in [5, 5.41) is 0. The summed E-state index contributed by atoms with van der Waals surface area (Å²) in [7, 11) is 0. The van der Waals surface area contributed by atoms with E-state index in [1.165, 1.54) is 12.8 Å². The number of ketones is 1. The molecule has 0 atom stereocenters. The fraction of sp³-hybridized carbons (Fsp3) is 0.583. The van der Waals surface area contributed by atoms with Crippen LogP contribution in [-0.4, -0.2) is 5.78 Å². The molecule has 0 unspecified atom stereocenters. The number of hydrogen-bond donors (Lipinski definition) is 0. The molecule has 1 aromatic rings. The predicted molar refractivity (Wildman–Crippen MR) is 56.5 cm³/mol. The lowest BCUT2D eigenvalue weighted by Crippen LogP contribution is -1.96. The maximum Gasteiger partial charge on any atom is 0.197 e. The van der Waals surface area contributed by atoms with Crippen LogP contribution in [0.5, 0.6) is 0 Å². The van der Waals surface area contributed by atoms with Gasteiger partial charge in [0.15, 0.2) is 11.5 Å². The van der Waals surface area contributed by atoms with Crippen molar-refractivity contribution in [1.29, 1.82) is 0 Å². The van der Waals surface area contributed by atoms with Crippen LogP contribution >= 0.6 is 0 Å². The molecule has 14 heavy (non-hydrogen) atoms. The largest absolute Gasteiger partial charge is 0.461 e. The Bertz CT molecular complexity index is 286. The highest BCUT2D eigenvalue weighted by molar-refractivity contribution is 5.93. The maximum absolute atomic E-state index is 11.5. The summed E-state index contributed by atoms with van der Waals surface area (Å²) in [5.74, 6) is 0.646. The Morgan fingerprint density at radius 1 is 1.36 bits per heavy atom. The van der Waals surface area contributed by atoms with Gasteiger partial charge in [0, 0.05) is 6.42 Å². The minimum atomic E-state index is 0.134. The topological polar surface area (TPSA) is 30.2 Å². The van der Waals surface area contributed by atoms with Gasteiger partial charge in [0.1, 0.15) is 0 Å². The molecular formula is C12H18O2. The molecule has 2 heteroatoms. The molecule has 1 aromatic heterocycles. The molecule has 0 amide bonds. The SMILES string of the molecule is CCCCCCC(=O)c1cc(C)co1. The van der Waals surface area contributed by atoms with Crippen molar-refractivity contribution in [2.24, 2.45) is 0 Å². The van der Waals surface area contributed by atoms with E-state index in [0.29, 0.717) is 12.2 Å². The summed E-state index contributed by atoms with van der Waals surface area (Å²) in [4.78, 5) is 11.5. The van der Waals surface area contributed by atoms with Crippen LogP contribution in [-0.2, 0) is 0 Å². The number of Topliss-reactive ketones (excluding diaryl/α,β-unsaturated/α-hetero) is 1. The second-order valence-electron chi connectivity index (χ2n) is 3.72. The Balaban J connectivity index is 2.29. The van der Waals surface area contributed by atoms with Gasteiger partial charge in [-0.2, -0.15) is 0 Å². The Morgan fingerprint density at radius 3 is 2.71 bits per heavy atom. The van der Waals surface area contributed by atoms with Crippen LogP contribution in [0.3, 0.4) is 0 Å². The zero-order valence-corrected chi connectivity index (χ0v) is 9.01. The fourth-order valence-corrected chi connectivity index (χ4v) is 1.41. The molecule has 2 nitrogen and oxygen atoms in total. The van der Waals surface area contributed by atoms with E-state index in [0.717, 1.165) is 18.4 Å². The number of unbranched alkanes of at least 4 members (excludes halogenated alkanes) is 3. The van der Waals surface area contributed by atoms with Gasteiger partial charge in [-0.1, -0.05) is 26.2 Å². The summed E-state index contributed by atoms with van der Waals surface area (Å²) >= 11 is 0. The Hall–Kier alpha value is -1.05. The summed E-state index contributed by atoms with van der Waals surface area (Å²) in [6.07, 6.45) is 6.78. The third-order valence-corrected chi connectivity index (χ3v) is 2.26. The van der Waals surface area contributed by atoms with Crippen molar-refractivity contribution in [2.75, 3.05) is 0 Å². The van der Waals surface area contributed by atoms with Crippen LogP contribution in [0, 0.1) is 6.92 Å². The lowest BCUT2D eigenvalue weighted by Gasteiger charge is -1.96. The van der Waals surface area contributed by atoms with Gasteiger partial charge in [-0.15, -0.1) is 0 Å². The van der Waals surface area contributed by atoms with Crippen molar-refractivity contribution < 1.29 is 9.21 Å². The average molecular weight is 194 g/mol. The van der Waals surface area contributed by atoms with Crippen molar-refractivity contribution in [3.05, 3.63) is 23.7 Å². The average Bonchev–Trinajstić information content (AvgIpc) is 2.59. The van der Waals surface area contributed by atoms with E-state index in [2.05, 4.69) is 6.92 Å². The molecule has 0 bridgehead atoms. The lowest BCUT2D eigenvalue weighted by atomic mass is 10.1. The molecule has 0 aromatic carbocycles. The quantitative estimate of drug-likeness (QED) is 0.510. The fourth-order valence-electron chi connectivity index (χ4n) is 1.41. The number of furan rings is 1. The zero-order valence-electron chi connectivity index (χ0n) is 9.01. The number of carbonyl (C=O) groups excluding carboxylic acids is 1. The third-order valence-electron chi connectivity index (χ3n) is 2.26. The summed E-state index contributed by atoms with van der Waals surface area (Å²) in [6.45, 7) is 4.09. The highest BCUT2D eigenvalue weighted by atomic mass is 16.3. The van der Waals surface area contributed by atoms with Gasteiger partial charge in [-0.05, 0) is 25.0 Å². The zero-order chi connectivity index (χ0) is 10.4. The first-order valence-electron chi connectivity index (χ1n) is 5.32. The summed E-state index contributed by atoms with van der Waals surface area (Å²) < 4.78 is 5.13. The summed E-state index contributed by atoms with van der Waals surface area (Å²) in [6, 6.07) is 1.81. The van der Waals surface area contributed by atoms with E-state index in [-0.39, 0.29) is 5.78 Å². The van der Waals surface area contributed by atoms with Gasteiger partial charge in [0.2, 0.25) is 0 Å². The minimum Gasteiger partial charge on any atom is -0.461 e. The molecule has 0 aliphatic rings. The van der Waals surface area contributed by atoms with E-state index in [1.807, 2.05) is 13.0 Å². The molecule has 1 rings (SSSR count). The van der Waals surface area contributed by atoms with Crippen molar-refractivity contribution in [2.45, 2.75) is 46.0 Å². The third kappa shape index (κ3) is 3.36. The monoisotopic (exact) mass is 194 g/mol. The first-order chi connectivity index (χ1) is 6.74. The first-order valence-corrected chi connectivity index (χ1v) is 5.32. The van der Waals surface area contributed by atoms with Crippen molar-refractivity contribution >= 4 is 5.78 Å². The van der Waals surface area contributed by atoms with Crippen molar-refractivity contribution in [3.8, 4) is 0 Å². The molecule has 0 aliphatic heterocycles. The van der Waals surface area contributed by atoms with Gasteiger partial charge in [-0.3, -0.25) is 4.79 Å². The van der Waals surface area contributed by atoms with E-state index in [9.17, 15) is 4.79 Å². The number of aryl methyl sites for hydroxylation is 1. The van der Waals surface area contributed by atoms with Crippen LogP contribution in [0.4, 0.5) is 0 Å². The molecule has 0 spiro atoms. The standard InChI is InChI=1S/C12H18O2/c1-3-4-5-6-7-11(13)12-8-10(2)9-14-12/h8-9H,3-7H2,1-2H3. The number of carbonyl (C=O) groups is 1. The molecule has 0 saturated heterocycles. The Kier molecular flexibility index (Phi) is 4.44. The lowest BCUT2D eigenvalue weighted by molar-refractivity contribution is 0.0952. The van der Waals surface area contributed by atoms with E-state index in [4.69, 9.17) is 4.42 Å². The molecule has 1 heterocycles. The number of rotatable bonds is 6. The molecule has 0 aliphatic carbocycles. The van der Waals surface area contributed by atoms with Gasteiger partial charge in [-0.25, -0.2) is 0 Å². The van der Waals surface area contributed by atoms with Gasteiger partial charge in [0.25, 0.3) is 0 Å². The highest BCUT2D eigenvalue weighted by Gasteiger charge is 2.08. The molecular weight excluding hydrogens is 176 g/mol. The second kappa shape index (κ2) is 5.63. The van der Waals surface area contributed by atoms with Gasteiger partial charge in [0.05, 0.1) is 6.26 Å². The first kappa shape index (κ1) is 11.0. The Labute approximate surface area is 85.3 Å². The smallest absolute Gasteiger partial charge is 0.197 e. The molecule has 0 N–H and O–H groups in total. The van der Waals surface area contributed by atoms with E-state index in [1.54, 1.807) is 6.26 Å².